The first-order valence-electron chi connectivity index (χ1n) is 5.51. The van der Waals surface area contributed by atoms with Gasteiger partial charge in [0.1, 0.15) is 21.9 Å². The van der Waals surface area contributed by atoms with E-state index < -0.39 is 16.0 Å². The number of nitrogens with two attached hydrogens (primary N) is 1. The Kier molecular flexibility index (Phi) is 3.88. The molecule has 0 radical (unpaired) electrons. The van der Waals surface area contributed by atoms with Crippen LogP contribution in [0.2, 0.25) is 0 Å². The van der Waals surface area contributed by atoms with Gasteiger partial charge in [0.05, 0.1) is 11.1 Å². The van der Waals surface area contributed by atoms with Crippen LogP contribution in [0, 0.1) is 6.92 Å². The lowest BCUT2D eigenvalue weighted by atomic mass is 10.2. The number of nitrogens with zero attached hydrogens (tertiary/aromatic N) is 2. The van der Waals surface area contributed by atoms with Gasteiger partial charge in [0.2, 0.25) is 10.0 Å². The molecule has 0 aliphatic heterocycles. The van der Waals surface area contributed by atoms with Crippen LogP contribution < -0.4 is 10.5 Å². The number of aromatic nitrogens is 2. The fourth-order valence-electron chi connectivity index (χ4n) is 1.72. The molecule has 0 aliphatic carbocycles. The number of hydrogen-bond donors (Lipinski definition) is 3. The molecule has 4 N–H and O–H groups in total. The van der Waals surface area contributed by atoms with E-state index in [2.05, 4.69) is 15.3 Å². The third kappa shape index (κ3) is 3.03. The number of hydrogen-bond acceptors (Lipinski definition) is 7. The molecule has 2 aromatic rings. The van der Waals surface area contributed by atoms with Crippen molar-refractivity contribution in [3.8, 4) is 0 Å². The van der Waals surface area contributed by atoms with Crippen molar-refractivity contribution in [1.29, 1.82) is 0 Å². The third-order valence-corrected chi connectivity index (χ3v) is 4.56. The molecule has 2 aromatic heterocycles. The number of aryl methyl sites for hydroxylation is 1. The number of carbonyl (C=O) groups is 1. The maximum Gasteiger partial charge on any atom is 0.346 e. The van der Waals surface area contributed by atoms with Crippen LogP contribution >= 0.6 is 11.3 Å². The molecule has 0 atom stereocenters. The van der Waals surface area contributed by atoms with E-state index in [4.69, 9.17) is 10.2 Å². The molecule has 0 saturated heterocycles. The summed E-state index contributed by atoms with van der Waals surface area (Å²) in [5.74, 6) is -0.867. The Morgan fingerprint density at radius 1 is 1.50 bits per heavy atom. The Balaban J connectivity index is 2.36. The molecular formula is C10H12N4O4S2. The van der Waals surface area contributed by atoms with E-state index in [1.165, 1.54) is 6.33 Å². The number of thiophene rings is 1. The summed E-state index contributed by atoms with van der Waals surface area (Å²) in [6.45, 7) is 1.75. The van der Waals surface area contributed by atoms with Crippen LogP contribution in [0.25, 0.3) is 10.2 Å². The number of rotatable bonds is 5. The van der Waals surface area contributed by atoms with Crippen LogP contribution in [-0.2, 0) is 10.0 Å². The van der Waals surface area contributed by atoms with Gasteiger partial charge in [-0.25, -0.2) is 28.3 Å². The Hall–Kier alpha value is -1.78. The predicted octanol–water partition coefficient (Wildman–Crippen LogP) is 0.398. The van der Waals surface area contributed by atoms with Gasteiger partial charge >= 0.3 is 5.97 Å². The Morgan fingerprint density at radius 3 is 2.80 bits per heavy atom. The second-order valence-corrected chi connectivity index (χ2v) is 6.79. The molecule has 8 nitrogen and oxygen atoms in total. The normalized spacial score (nSPS) is 11.7. The molecule has 20 heavy (non-hydrogen) atoms. The highest BCUT2D eigenvalue weighted by molar-refractivity contribution is 7.89. The lowest BCUT2D eigenvalue weighted by Crippen LogP contribution is -2.22. The molecule has 0 saturated carbocycles. The highest BCUT2D eigenvalue weighted by Crippen LogP contribution is 2.32. The van der Waals surface area contributed by atoms with Crippen LogP contribution in [0.15, 0.2) is 6.33 Å². The molecule has 0 spiro atoms. The van der Waals surface area contributed by atoms with Gasteiger partial charge in [0.15, 0.2) is 0 Å². The summed E-state index contributed by atoms with van der Waals surface area (Å²) in [5, 5.41) is 17.4. The Morgan fingerprint density at radius 2 is 2.20 bits per heavy atom. The minimum absolute atomic E-state index is 0.0860. The summed E-state index contributed by atoms with van der Waals surface area (Å²) in [5.41, 5.74) is 0.552. The van der Waals surface area contributed by atoms with Crippen LogP contribution in [0.5, 0.6) is 0 Å². The average molecular weight is 316 g/mol. The minimum atomic E-state index is -3.56. The molecule has 0 bridgehead atoms. The van der Waals surface area contributed by atoms with E-state index in [-0.39, 0.29) is 17.2 Å². The Bertz CT molecular complexity index is 769. The molecular weight excluding hydrogens is 304 g/mol. The van der Waals surface area contributed by atoms with Crippen LogP contribution in [0.4, 0.5) is 5.82 Å². The number of nitrogens with one attached hydrogen (secondary N) is 1. The van der Waals surface area contributed by atoms with Gasteiger partial charge in [-0.2, -0.15) is 0 Å². The summed E-state index contributed by atoms with van der Waals surface area (Å²) in [7, 11) is -3.56. The van der Waals surface area contributed by atoms with Crippen molar-refractivity contribution in [2.24, 2.45) is 5.14 Å². The summed E-state index contributed by atoms with van der Waals surface area (Å²) >= 11 is 1.05. The number of aromatic carboxylic acids is 1. The van der Waals surface area contributed by atoms with E-state index in [0.29, 0.717) is 21.6 Å². The van der Waals surface area contributed by atoms with Crippen molar-refractivity contribution in [3.05, 3.63) is 16.8 Å². The van der Waals surface area contributed by atoms with E-state index >= 15 is 0 Å². The number of fused-ring (bicyclic) bond motifs is 1. The molecule has 10 heteroatoms. The number of carboxylic acids is 1. The van der Waals surface area contributed by atoms with Crippen molar-refractivity contribution < 1.29 is 18.3 Å². The van der Waals surface area contributed by atoms with Crippen molar-refractivity contribution in [3.63, 3.8) is 0 Å². The molecule has 2 rings (SSSR count). The van der Waals surface area contributed by atoms with Gasteiger partial charge in [0.25, 0.3) is 0 Å². The van der Waals surface area contributed by atoms with Gasteiger partial charge in [-0.15, -0.1) is 11.3 Å². The molecule has 0 aromatic carbocycles. The summed E-state index contributed by atoms with van der Waals surface area (Å²) in [4.78, 5) is 19.9. The smallest absolute Gasteiger partial charge is 0.346 e. The van der Waals surface area contributed by atoms with E-state index in [9.17, 15) is 13.2 Å². The number of sulfonamides is 1. The maximum atomic E-state index is 11.1. The zero-order valence-corrected chi connectivity index (χ0v) is 12.1. The highest BCUT2D eigenvalue weighted by atomic mass is 32.2. The quantitative estimate of drug-likeness (QED) is 0.726. The molecule has 2 heterocycles. The summed E-state index contributed by atoms with van der Waals surface area (Å²) in [6.07, 6.45) is 1.29. The fourth-order valence-corrected chi connectivity index (χ4v) is 3.10. The van der Waals surface area contributed by atoms with Crippen molar-refractivity contribution in [2.75, 3.05) is 17.6 Å². The topological polar surface area (TPSA) is 135 Å². The van der Waals surface area contributed by atoms with Gasteiger partial charge in [-0.3, -0.25) is 0 Å². The molecule has 0 unspecified atom stereocenters. The standard InChI is InChI=1S/C10H12N4O4S2/c1-5-6-8(12-2-3-20(11,17)18)13-4-14-9(6)19-7(5)10(15)16/h4H,2-3H2,1H3,(H,15,16)(H2,11,17,18)(H,12,13,14). The van der Waals surface area contributed by atoms with Gasteiger partial charge in [0, 0.05) is 6.54 Å². The van der Waals surface area contributed by atoms with Crippen LogP contribution in [0.1, 0.15) is 15.2 Å². The highest BCUT2D eigenvalue weighted by Gasteiger charge is 2.18. The van der Waals surface area contributed by atoms with Crippen LogP contribution in [-0.4, -0.2) is 41.8 Å². The largest absolute Gasteiger partial charge is 0.477 e. The van der Waals surface area contributed by atoms with Crippen molar-refractivity contribution >= 4 is 43.4 Å². The first-order chi connectivity index (χ1) is 9.29. The van der Waals surface area contributed by atoms with Gasteiger partial charge in [-0.1, -0.05) is 0 Å². The first-order valence-corrected chi connectivity index (χ1v) is 8.04. The second-order valence-electron chi connectivity index (χ2n) is 4.06. The fraction of sp³-hybridized carbons (Fsp3) is 0.300. The average Bonchev–Trinajstić information content (AvgIpc) is 2.66. The second kappa shape index (κ2) is 5.31. The van der Waals surface area contributed by atoms with Gasteiger partial charge in [-0.05, 0) is 12.5 Å². The van der Waals surface area contributed by atoms with Crippen molar-refractivity contribution in [1.82, 2.24) is 9.97 Å². The number of anilines is 1. The lowest BCUT2D eigenvalue weighted by molar-refractivity contribution is 0.0701. The summed E-state index contributed by atoms with van der Waals surface area (Å²) < 4.78 is 21.7. The lowest BCUT2D eigenvalue weighted by Gasteiger charge is -2.06. The molecule has 0 amide bonds. The monoisotopic (exact) mass is 316 g/mol. The Labute approximate surface area is 118 Å². The molecule has 0 aliphatic rings. The SMILES string of the molecule is Cc1c(C(=O)O)sc2ncnc(NCCS(N)(=O)=O)c12. The number of primary sulfonamides is 1. The predicted molar refractivity (Wildman–Crippen MR) is 75.6 cm³/mol. The maximum absolute atomic E-state index is 11.1. The third-order valence-electron chi connectivity index (χ3n) is 2.60. The zero-order valence-electron chi connectivity index (χ0n) is 10.5. The van der Waals surface area contributed by atoms with Gasteiger partial charge < -0.3 is 10.4 Å². The number of carboxylic acid groups (broad SMARTS) is 1. The summed E-state index contributed by atoms with van der Waals surface area (Å²) in [6, 6.07) is 0. The molecule has 0 fully saturated rings. The minimum Gasteiger partial charge on any atom is -0.477 e. The van der Waals surface area contributed by atoms with E-state index in [0.717, 1.165) is 11.3 Å². The van der Waals surface area contributed by atoms with E-state index in [1.54, 1.807) is 6.92 Å². The van der Waals surface area contributed by atoms with Crippen LogP contribution in [0.3, 0.4) is 0 Å². The van der Waals surface area contributed by atoms with Crippen molar-refractivity contribution in [2.45, 2.75) is 6.92 Å². The first kappa shape index (κ1) is 14.6. The molecule has 108 valence electrons. The van der Waals surface area contributed by atoms with E-state index in [1.807, 2.05) is 0 Å². The zero-order chi connectivity index (χ0) is 14.9.